The Kier molecular flexibility index (Phi) is 8.86. The maximum Gasteiger partial charge on any atom is 0.186 e. The number of fused-ring (bicyclic) bond motifs is 6. The number of carbonyl (C=O) groups is 1. The highest BCUT2D eigenvalue weighted by Gasteiger charge is 2.64. The number of aliphatic hydroxyl groups excluding tert-OH is 2. The Bertz CT molecular complexity index is 1460. The van der Waals surface area contributed by atoms with E-state index in [0.29, 0.717) is 47.3 Å². The molecule has 4 aliphatic carbocycles. The van der Waals surface area contributed by atoms with Crippen LogP contribution in [0.1, 0.15) is 98.3 Å². The van der Waals surface area contributed by atoms with E-state index in [1.807, 2.05) is 30.3 Å². The number of hydrogen-bond acceptors (Lipinski definition) is 5. The lowest BCUT2D eigenvalue weighted by atomic mass is 9.41. The molecule has 11 atom stereocenters. The van der Waals surface area contributed by atoms with Gasteiger partial charge in [0, 0.05) is 11.8 Å². The molecule has 242 valence electrons. The van der Waals surface area contributed by atoms with Crippen LogP contribution in [0.15, 0.2) is 47.4 Å². The number of hydrogen-bond donors (Lipinski definition) is 2. The molecule has 0 aliphatic heterocycles. The molecule has 6 rings (SSSR count). The molecule has 0 unspecified atom stereocenters. The van der Waals surface area contributed by atoms with Crippen LogP contribution in [0.3, 0.4) is 0 Å². The van der Waals surface area contributed by atoms with Crippen molar-refractivity contribution in [2.45, 2.75) is 115 Å². The maximum atomic E-state index is 13.2. The van der Waals surface area contributed by atoms with Crippen molar-refractivity contribution in [1.82, 2.24) is 0 Å². The molecule has 2 aromatic carbocycles. The summed E-state index contributed by atoms with van der Waals surface area (Å²) >= 11 is 0. The molecule has 6 heteroatoms. The van der Waals surface area contributed by atoms with E-state index >= 15 is 0 Å². The number of benzene rings is 2. The highest BCUT2D eigenvalue weighted by molar-refractivity contribution is 7.92. The summed E-state index contributed by atoms with van der Waals surface area (Å²) in [4.78, 5) is 13.2. The third-order valence-corrected chi connectivity index (χ3v) is 15.4. The Morgan fingerprint density at radius 3 is 2.41 bits per heavy atom. The Morgan fingerprint density at radius 1 is 0.932 bits per heavy atom. The maximum absolute atomic E-state index is 13.2. The number of carbonyl (C=O) groups excluding carboxylic acids is 1. The van der Waals surface area contributed by atoms with Crippen LogP contribution in [0, 0.1) is 52.3 Å². The third-order valence-electron chi connectivity index (χ3n) is 13.7. The van der Waals surface area contributed by atoms with Crippen molar-refractivity contribution in [3.05, 3.63) is 42.5 Å². The highest BCUT2D eigenvalue weighted by atomic mass is 32.2. The Morgan fingerprint density at radius 2 is 1.64 bits per heavy atom. The van der Waals surface area contributed by atoms with Gasteiger partial charge in [0.1, 0.15) is 11.5 Å². The van der Waals surface area contributed by atoms with Crippen molar-refractivity contribution in [1.29, 1.82) is 0 Å². The van der Waals surface area contributed by atoms with Crippen molar-refractivity contribution in [2.24, 2.45) is 52.3 Å². The van der Waals surface area contributed by atoms with Gasteiger partial charge in [0.25, 0.3) is 0 Å². The van der Waals surface area contributed by atoms with Crippen LogP contribution < -0.4 is 0 Å². The SMILES string of the molecule is CC[C@H]1[C@@H](O)[C@@H]2[C@H](CC[C@]3(C)[C@@H]([C@H](C)CCCC(=O)CS(=O)(=O)c4cccc5ccccc45)CC[C@@H]23)[C@@]2(C)CC[C@@H](O)C[C@@H]12. The molecule has 2 aromatic rings. The summed E-state index contributed by atoms with van der Waals surface area (Å²) < 4.78 is 26.4. The topological polar surface area (TPSA) is 91.7 Å². The van der Waals surface area contributed by atoms with E-state index in [1.54, 1.807) is 12.1 Å². The minimum absolute atomic E-state index is 0.193. The first-order valence-corrected chi connectivity index (χ1v) is 19.1. The number of aliphatic hydroxyl groups is 2. The average molecular weight is 623 g/mol. The summed E-state index contributed by atoms with van der Waals surface area (Å²) in [6, 6.07) is 12.7. The van der Waals surface area contributed by atoms with Gasteiger partial charge >= 0.3 is 0 Å². The fourth-order valence-corrected chi connectivity index (χ4v) is 13.1. The quantitative estimate of drug-likeness (QED) is 0.300. The standard InChI is InChI=1S/C38H54O5S/c1-5-28-33-22-26(39)18-20-38(33,4)32-19-21-37(3)30(16-17-31(37)35(32)36(28)41)24(2)10-8-13-27(40)23-44(42,43)34-15-9-12-25-11-6-7-14-29(25)34/h6-7,9,11-12,14-15,24,26,28,30-33,35-36,39,41H,5,8,10,13,16-23H2,1-4H3/t24-,26-,28-,30-,31+,32+,33+,35+,36-,37-,38-/m1/s1. The number of sulfone groups is 1. The lowest BCUT2D eigenvalue weighted by Crippen LogP contribution is -2.62. The summed E-state index contributed by atoms with van der Waals surface area (Å²) in [5.41, 5.74) is 0.403. The van der Waals surface area contributed by atoms with E-state index < -0.39 is 15.6 Å². The minimum Gasteiger partial charge on any atom is -0.393 e. The molecule has 0 saturated heterocycles. The van der Waals surface area contributed by atoms with E-state index in [4.69, 9.17) is 0 Å². The summed E-state index contributed by atoms with van der Waals surface area (Å²) in [7, 11) is -3.71. The molecule has 0 aromatic heterocycles. The van der Waals surface area contributed by atoms with E-state index in [2.05, 4.69) is 27.7 Å². The van der Waals surface area contributed by atoms with E-state index in [9.17, 15) is 23.4 Å². The van der Waals surface area contributed by atoms with Crippen LogP contribution in [-0.2, 0) is 14.6 Å². The van der Waals surface area contributed by atoms with Crippen molar-refractivity contribution in [2.75, 3.05) is 5.75 Å². The largest absolute Gasteiger partial charge is 0.393 e. The van der Waals surface area contributed by atoms with Crippen molar-refractivity contribution < 1.29 is 23.4 Å². The zero-order valence-corrected chi connectivity index (χ0v) is 28.1. The zero-order chi connectivity index (χ0) is 31.4. The fraction of sp³-hybridized carbons (Fsp3) is 0.711. The number of rotatable bonds is 9. The molecule has 4 fully saturated rings. The Labute approximate surface area is 265 Å². The van der Waals surface area contributed by atoms with Gasteiger partial charge in [-0.05, 0) is 115 Å². The lowest BCUT2D eigenvalue weighted by Gasteiger charge is -2.64. The van der Waals surface area contributed by atoms with Gasteiger partial charge in [0.2, 0.25) is 0 Å². The first-order chi connectivity index (χ1) is 20.9. The monoisotopic (exact) mass is 622 g/mol. The number of ketones is 1. The molecule has 0 radical (unpaired) electrons. The van der Waals surface area contributed by atoms with E-state index in [0.717, 1.165) is 43.9 Å². The van der Waals surface area contributed by atoms with Gasteiger partial charge in [-0.1, -0.05) is 76.9 Å². The first kappa shape index (κ1) is 32.2. The Balaban J connectivity index is 1.09. The van der Waals surface area contributed by atoms with Crippen LogP contribution in [0.4, 0.5) is 0 Å². The summed E-state index contributed by atoms with van der Waals surface area (Å²) in [6.07, 6.45) is 9.96. The van der Waals surface area contributed by atoms with Crippen LogP contribution >= 0.6 is 0 Å². The summed E-state index contributed by atoms with van der Waals surface area (Å²) in [5.74, 6) is 2.47. The van der Waals surface area contributed by atoms with Gasteiger partial charge < -0.3 is 10.2 Å². The van der Waals surface area contributed by atoms with Gasteiger partial charge in [0.15, 0.2) is 9.84 Å². The summed E-state index contributed by atoms with van der Waals surface area (Å²) in [5, 5.41) is 24.1. The minimum atomic E-state index is -3.71. The second kappa shape index (κ2) is 12.1. The van der Waals surface area contributed by atoms with Gasteiger partial charge in [-0.3, -0.25) is 4.79 Å². The van der Waals surface area contributed by atoms with Crippen molar-refractivity contribution in [3.63, 3.8) is 0 Å². The molecule has 44 heavy (non-hydrogen) atoms. The molecule has 0 amide bonds. The molecule has 0 heterocycles. The molecular weight excluding hydrogens is 568 g/mol. The van der Waals surface area contributed by atoms with E-state index in [1.165, 1.54) is 25.7 Å². The lowest BCUT2D eigenvalue weighted by molar-refractivity contribution is -0.203. The smallest absolute Gasteiger partial charge is 0.186 e. The number of Topliss-reactive ketones (excluding diaryl/α,β-unsaturated/α-hetero) is 1. The van der Waals surface area contributed by atoms with Gasteiger partial charge in [-0.2, -0.15) is 0 Å². The van der Waals surface area contributed by atoms with Crippen LogP contribution in [0.25, 0.3) is 10.8 Å². The molecular formula is C38H54O5S. The van der Waals surface area contributed by atoms with Crippen molar-refractivity contribution in [3.8, 4) is 0 Å². The van der Waals surface area contributed by atoms with Crippen LogP contribution in [0.2, 0.25) is 0 Å². The normalized spacial score (nSPS) is 39.3. The van der Waals surface area contributed by atoms with E-state index in [-0.39, 0.29) is 39.6 Å². The van der Waals surface area contributed by atoms with Gasteiger partial charge in [-0.25, -0.2) is 8.42 Å². The molecule has 0 bridgehead atoms. The fourth-order valence-electron chi connectivity index (χ4n) is 11.6. The molecule has 4 saturated carbocycles. The highest BCUT2D eigenvalue weighted by Crippen LogP contribution is 2.69. The molecule has 4 aliphatic rings. The molecule has 5 nitrogen and oxygen atoms in total. The van der Waals surface area contributed by atoms with Gasteiger partial charge in [0.05, 0.1) is 17.1 Å². The van der Waals surface area contributed by atoms with Crippen molar-refractivity contribution >= 4 is 26.4 Å². The summed E-state index contributed by atoms with van der Waals surface area (Å²) in [6.45, 7) is 9.56. The molecule has 0 spiro atoms. The average Bonchev–Trinajstić information content (AvgIpc) is 3.35. The Hall–Kier alpha value is -1.76. The molecule has 2 N–H and O–H groups in total. The third kappa shape index (κ3) is 5.39. The predicted octanol–water partition coefficient (Wildman–Crippen LogP) is 7.62. The van der Waals surface area contributed by atoms with Gasteiger partial charge in [-0.15, -0.1) is 0 Å². The van der Waals surface area contributed by atoms with Crippen LogP contribution in [0.5, 0.6) is 0 Å². The van der Waals surface area contributed by atoms with Crippen LogP contribution in [-0.4, -0.2) is 42.4 Å². The second-order valence-corrected chi connectivity index (χ2v) is 17.7. The second-order valence-electron chi connectivity index (χ2n) is 15.8. The predicted molar refractivity (Wildman–Crippen MR) is 176 cm³/mol. The zero-order valence-electron chi connectivity index (χ0n) is 27.3. The first-order valence-electron chi connectivity index (χ1n) is 17.5.